The molecule has 1 aromatic carbocycles. The van der Waals surface area contributed by atoms with E-state index in [1.807, 2.05) is 19.1 Å². The van der Waals surface area contributed by atoms with Gasteiger partial charge in [0.1, 0.15) is 10.7 Å². The van der Waals surface area contributed by atoms with Crippen molar-refractivity contribution in [3.05, 3.63) is 51.9 Å². The minimum absolute atomic E-state index is 0.0808. The molecule has 1 aromatic heterocycles. The maximum Gasteiger partial charge on any atom is 0.242 e. The third-order valence-corrected chi connectivity index (χ3v) is 5.51. The fourth-order valence-electron chi connectivity index (χ4n) is 1.89. The van der Waals surface area contributed by atoms with Crippen molar-refractivity contribution in [1.82, 2.24) is 4.72 Å². The lowest BCUT2D eigenvalue weighted by molar-refractivity contribution is 0.480. The maximum absolute atomic E-state index is 12.3. The molecule has 0 radical (unpaired) electrons. The molecule has 0 saturated carbocycles. The molecule has 1 heterocycles. The molecule has 0 bridgehead atoms. The van der Waals surface area contributed by atoms with Gasteiger partial charge >= 0.3 is 0 Å². The SMILES string of the molecule is CC(CCc1ccco1)NS(=O)(=O)c1ccc(Br)cc1Cl. The molecule has 0 fully saturated rings. The number of hydrogen-bond donors (Lipinski definition) is 1. The molecule has 0 aliphatic heterocycles. The van der Waals surface area contributed by atoms with Gasteiger partial charge in [0.05, 0.1) is 11.3 Å². The second-order valence-electron chi connectivity index (χ2n) is 4.72. The van der Waals surface area contributed by atoms with Gasteiger partial charge < -0.3 is 4.42 Å². The quantitative estimate of drug-likeness (QED) is 0.808. The molecule has 114 valence electrons. The topological polar surface area (TPSA) is 59.3 Å². The smallest absolute Gasteiger partial charge is 0.242 e. The van der Waals surface area contributed by atoms with E-state index >= 15 is 0 Å². The van der Waals surface area contributed by atoms with Gasteiger partial charge in [0.15, 0.2) is 0 Å². The Balaban J connectivity index is 2.02. The lowest BCUT2D eigenvalue weighted by Crippen LogP contribution is -2.33. The molecule has 7 heteroatoms. The number of furan rings is 1. The first-order valence-corrected chi connectivity index (χ1v) is 9.03. The average Bonchev–Trinajstić information content (AvgIpc) is 2.88. The highest BCUT2D eigenvalue weighted by Crippen LogP contribution is 2.25. The Hall–Kier alpha value is -0.820. The van der Waals surface area contributed by atoms with Crippen molar-refractivity contribution in [3.63, 3.8) is 0 Å². The Morgan fingerprint density at radius 1 is 1.38 bits per heavy atom. The molecule has 0 spiro atoms. The van der Waals surface area contributed by atoms with E-state index < -0.39 is 10.0 Å². The highest BCUT2D eigenvalue weighted by Gasteiger charge is 2.20. The van der Waals surface area contributed by atoms with Crippen molar-refractivity contribution in [1.29, 1.82) is 0 Å². The average molecular weight is 393 g/mol. The largest absolute Gasteiger partial charge is 0.469 e. The number of sulfonamides is 1. The molecule has 0 aliphatic rings. The third kappa shape index (κ3) is 4.57. The number of aryl methyl sites for hydroxylation is 1. The number of hydrogen-bond acceptors (Lipinski definition) is 3. The van der Waals surface area contributed by atoms with Crippen molar-refractivity contribution < 1.29 is 12.8 Å². The first-order chi connectivity index (χ1) is 9.88. The Morgan fingerprint density at radius 2 is 2.14 bits per heavy atom. The minimum Gasteiger partial charge on any atom is -0.469 e. The summed E-state index contributed by atoms with van der Waals surface area (Å²) in [6, 6.07) is 8.14. The van der Waals surface area contributed by atoms with Crippen LogP contribution in [0, 0.1) is 0 Å². The maximum atomic E-state index is 12.3. The van der Waals surface area contributed by atoms with Crippen LogP contribution in [0.25, 0.3) is 0 Å². The Kier molecular flexibility index (Phi) is 5.48. The van der Waals surface area contributed by atoms with Crippen LogP contribution in [-0.4, -0.2) is 14.5 Å². The molecule has 4 nitrogen and oxygen atoms in total. The van der Waals surface area contributed by atoms with E-state index in [1.54, 1.807) is 18.4 Å². The molecular formula is C14H15BrClNO3S. The van der Waals surface area contributed by atoms with E-state index in [9.17, 15) is 8.42 Å². The van der Waals surface area contributed by atoms with Gasteiger partial charge in [-0.3, -0.25) is 0 Å². The second kappa shape index (κ2) is 6.96. The summed E-state index contributed by atoms with van der Waals surface area (Å²) >= 11 is 9.24. The van der Waals surface area contributed by atoms with Gasteiger partial charge in [0.25, 0.3) is 0 Å². The van der Waals surface area contributed by atoms with Gasteiger partial charge in [-0.05, 0) is 43.7 Å². The van der Waals surface area contributed by atoms with Crippen LogP contribution in [0.5, 0.6) is 0 Å². The third-order valence-electron chi connectivity index (χ3n) is 2.94. The first kappa shape index (κ1) is 16.5. The van der Waals surface area contributed by atoms with Crippen LogP contribution in [0.15, 0.2) is 50.4 Å². The van der Waals surface area contributed by atoms with Crippen molar-refractivity contribution in [2.24, 2.45) is 0 Å². The number of benzene rings is 1. The molecule has 0 saturated heterocycles. The second-order valence-corrected chi connectivity index (χ2v) is 7.72. The van der Waals surface area contributed by atoms with Gasteiger partial charge in [-0.25, -0.2) is 13.1 Å². The molecule has 1 unspecified atom stereocenters. The summed E-state index contributed by atoms with van der Waals surface area (Å²) in [5, 5.41) is 0.190. The van der Waals surface area contributed by atoms with Crippen molar-refractivity contribution >= 4 is 37.6 Å². The predicted molar refractivity (Wildman–Crippen MR) is 86.0 cm³/mol. The molecule has 1 N–H and O–H groups in total. The molecule has 1 atom stereocenters. The highest BCUT2D eigenvalue weighted by atomic mass is 79.9. The summed E-state index contributed by atoms with van der Waals surface area (Å²) in [4.78, 5) is 0.0808. The number of rotatable bonds is 6. The van der Waals surface area contributed by atoms with Gasteiger partial charge in [-0.15, -0.1) is 0 Å². The molecule has 2 rings (SSSR count). The van der Waals surface area contributed by atoms with E-state index in [0.717, 1.165) is 10.2 Å². The fourth-order valence-corrected chi connectivity index (χ4v) is 4.21. The number of nitrogens with one attached hydrogen (secondary N) is 1. The molecule has 0 amide bonds. The van der Waals surface area contributed by atoms with Crippen molar-refractivity contribution in [2.45, 2.75) is 30.7 Å². The van der Waals surface area contributed by atoms with Crippen LogP contribution in [-0.2, 0) is 16.4 Å². The summed E-state index contributed by atoms with van der Waals surface area (Å²) in [5.74, 6) is 0.836. The molecule has 2 aromatic rings. The highest BCUT2D eigenvalue weighted by molar-refractivity contribution is 9.10. The molecule has 0 aliphatic carbocycles. The lowest BCUT2D eigenvalue weighted by atomic mass is 10.2. The van der Waals surface area contributed by atoms with Gasteiger partial charge in [0, 0.05) is 16.9 Å². The van der Waals surface area contributed by atoms with Gasteiger partial charge in [-0.2, -0.15) is 0 Å². The standard InChI is InChI=1S/C14H15BrClNO3S/c1-10(4-6-12-3-2-8-20-12)17-21(18,19)14-7-5-11(15)9-13(14)16/h2-3,5,7-10,17H,4,6H2,1H3. The summed E-state index contributed by atoms with van der Waals surface area (Å²) < 4.78 is 33.2. The van der Waals surface area contributed by atoms with Crippen LogP contribution in [0.3, 0.4) is 0 Å². The minimum atomic E-state index is -3.63. The summed E-state index contributed by atoms with van der Waals surface area (Å²) in [5.41, 5.74) is 0. The summed E-state index contributed by atoms with van der Waals surface area (Å²) in [7, 11) is -3.63. The summed E-state index contributed by atoms with van der Waals surface area (Å²) in [6.45, 7) is 1.81. The zero-order chi connectivity index (χ0) is 15.5. The Bertz CT molecular complexity index is 701. The van der Waals surface area contributed by atoms with Crippen LogP contribution in [0.1, 0.15) is 19.1 Å². The normalized spacial score (nSPS) is 13.3. The van der Waals surface area contributed by atoms with Crippen molar-refractivity contribution in [2.75, 3.05) is 0 Å². The Labute approximate surface area is 137 Å². The van der Waals surface area contributed by atoms with Crippen LogP contribution < -0.4 is 4.72 Å². The van der Waals surface area contributed by atoms with Gasteiger partial charge in [-0.1, -0.05) is 27.5 Å². The van der Waals surface area contributed by atoms with E-state index in [0.29, 0.717) is 12.8 Å². The van der Waals surface area contributed by atoms with Gasteiger partial charge in [0.2, 0.25) is 10.0 Å². The van der Waals surface area contributed by atoms with Crippen LogP contribution in [0.4, 0.5) is 0 Å². The molecule has 21 heavy (non-hydrogen) atoms. The van der Waals surface area contributed by atoms with E-state index in [1.165, 1.54) is 6.07 Å². The van der Waals surface area contributed by atoms with E-state index in [2.05, 4.69) is 20.7 Å². The van der Waals surface area contributed by atoms with E-state index in [4.69, 9.17) is 16.0 Å². The first-order valence-electron chi connectivity index (χ1n) is 6.38. The van der Waals surface area contributed by atoms with Crippen LogP contribution in [0.2, 0.25) is 5.02 Å². The predicted octanol–water partition coefficient (Wildman–Crippen LogP) is 4.00. The monoisotopic (exact) mass is 391 g/mol. The van der Waals surface area contributed by atoms with Crippen LogP contribution >= 0.6 is 27.5 Å². The number of halogens is 2. The Morgan fingerprint density at radius 3 is 2.76 bits per heavy atom. The molecular weight excluding hydrogens is 378 g/mol. The fraction of sp³-hybridized carbons (Fsp3) is 0.286. The van der Waals surface area contributed by atoms with Crippen molar-refractivity contribution in [3.8, 4) is 0 Å². The zero-order valence-electron chi connectivity index (χ0n) is 11.3. The summed E-state index contributed by atoms with van der Waals surface area (Å²) in [6.07, 6.45) is 2.91. The lowest BCUT2D eigenvalue weighted by Gasteiger charge is -2.14. The zero-order valence-corrected chi connectivity index (χ0v) is 14.5. The van der Waals surface area contributed by atoms with E-state index in [-0.39, 0.29) is 16.0 Å².